The Morgan fingerprint density at radius 2 is 1.78 bits per heavy atom. The van der Waals surface area contributed by atoms with Crippen LogP contribution in [0.15, 0.2) is 30.6 Å². The summed E-state index contributed by atoms with van der Waals surface area (Å²) in [6, 6.07) is 3.96. The number of nitrogens with zero attached hydrogens (tertiary/aromatic N) is 7. The second kappa shape index (κ2) is 7.52. The Morgan fingerprint density at radius 1 is 1.00 bits per heavy atom. The van der Waals surface area contributed by atoms with Crippen molar-refractivity contribution in [3.8, 4) is 0 Å². The van der Waals surface area contributed by atoms with Gasteiger partial charge in [-0.05, 0) is 25.0 Å². The van der Waals surface area contributed by atoms with Gasteiger partial charge in [0.05, 0.1) is 12.4 Å². The molecule has 2 fully saturated rings. The van der Waals surface area contributed by atoms with Crippen LogP contribution in [-0.4, -0.2) is 57.3 Å². The molecule has 1 spiro atoms. The SMILES string of the molecule is FC(F)Cn1ncc2ncc(N3CC4(CCCN(c5cccc(C(F)(F)F)n5)C4)C3)nc21. The van der Waals surface area contributed by atoms with Crippen LogP contribution < -0.4 is 9.80 Å². The molecule has 2 aliphatic rings. The number of alkyl halides is 5. The second-order valence-electron chi connectivity index (χ2n) is 8.41. The topological polar surface area (TPSA) is 63.0 Å². The maximum Gasteiger partial charge on any atom is 0.433 e. The maximum absolute atomic E-state index is 13.0. The van der Waals surface area contributed by atoms with Gasteiger partial charge in [-0.1, -0.05) is 6.07 Å². The predicted octanol–water partition coefficient (Wildman–Crippen LogP) is 3.61. The average Bonchev–Trinajstić information content (AvgIpc) is 3.13. The summed E-state index contributed by atoms with van der Waals surface area (Å²) >= 11 is 0. The van der Waals surface area contributed by atoms with Crippen LogP contribution in [0, 0.1) is 5.41 Å². The van der Waals surface area contributed by atoms with Crippen LogP contribution >= 0.6 is 0 Å². The van der Waals surface area contributed by atoms with E-state index in [2.05, 4.69) is 20.1 Å². The van der Waals surface area contributed by atoms with E-state index in [0.717, 1.165) is 23.6 Å². The zero-order chi connectivity index (χ0) is 22.5. The Kier molecular flexibility index (Phi) is 4.90. The minimum atomic E-state index is -4.48. The van der Waals surface area contributed by atoms with Gasteiger partial charge in [-0.2, -0.15) is 18.3 Å². The molecule has 5 heterocycles. The van der Waals surface area contributed by atoms with E-state index in [4.69, 9.17) is 0 Å². The quantitative estimate of drug-likeness (QED) is 0.563. The Bertz CT molecular complexity index is 1120. The van der Waals surface area contributed by atoms with Crippen LogP contribution in [0.3, 0.4) is 0 Å². The maximum atomic E-state index is 13.0. The molecule has 32 heavy (non-hydrogen) atoms. The Morgan fingerprint density at radius 3 is 2.53 bits per heavy atom. The van der Waals surface area contributed by atoms with Gasteiger partial charge >= 0.3 is 6.18 Å². The fourth-order valence-electron chi connectivity index (χ4n) is 4.60. The molecular weight excluding hydrogens is 433 g/mol. The van der Waals surface area contributed by atoms with E-state index in [9.17, 15) is 22.0 Å². The molecule has 5 rings (SSSR count). The van der Waals surface area contributed by atoms with E-state index in [1.165, 1.54) is 12.3 Å². The zero-order valence-corrected chi connectivity index (χ0v) is 16.9. The lowest BCUT2D eigenvalue weighted by molar-refractivity contribution is -0.141. The summed E-state index contributed by atoms with van der Waals surface area (Å²) in [5.41, 5.74) is -0.228. The molecule has 2 aliphatic heterocycles. The molecule has 0 amide bonds. The number of aromatic nitrogens is 5. The average molecular weight is 453 g/mol. The van der Waals surface area contributed by atoms with Crippen molar-refractivity contribution >= 4 is 22.8 Å². The third-order valence-corrected chi connectivity index (χ3v) is 6.03. The van der Waals surface area contributed by atoms with Crippen LogP contribution in [0.25, 0.3) is 11.2 Å². The van der Waals surface area contributed by atoms with Crippen molar-refractivity contribution in [2.24, 2.45) is 5.41 Å². The zero-order valence-electron chi connectivity index (χ0n) is 16.9. The molecule has 7 nitrogen and oxygen atoms in total. The monoisotopic (exact) mass is 453 g/mol. The van der Waals surface area contributed by atoms with E-state index in [1.54, 1.807) is 12.3 Å². The number of hydrogen-bond donors (Lipinski definition) is 0. The van der Waals surface area contributed by atoms with Crippen molar-refractivity contribution in [3.63, 3.8) is 0 Å². The highest BCUT2D eigenvalue weighted by Gasteiger charge is 2.46. The first-order valence-corrected chi connectivity index (χ1v) is 10.2. The summed E-state index contributed by atoms with van der Waals surface area (Å²) in [5, 5.41) is 3.93. The number of fused-ring (bicyclic) bond motifs is 1. The van der Waals surface area contributed by atoms with Crippen molar-refractivity contribution in [1.82, 2.24) is 24.7 Å². The molecule has 0 atom stereocenters. The molecule has 0 unspecified atom stereocenters. The number of pyridine rings is 1. The number of halogens is 5. The molecule has 0 radical (unpaired) electrons. The first kappa shape index (κ1) is 20.8. The summed E-state index contributed by atoms with van der Waals surface area (Å²) in [5.74, 6) is 0.905. The molecule has 0 bridgehead atoms. The molecule has 2 saturated heterocycles. The van der Waals surface area contributed by atoms with Crippen molar-refractivity contribution in [3.05, 3.63) is 36.3 Å². The lowest BCUT2D eigenvalue weighted by atomic mass is 9.73. The van der Waals surface area contributed by atoms with Gasteiger partial charge in [0, 0.05) is 31.6 Å². The minimum absolute atomic E-state index is 0.0893. The molecular formula is C20H20F5N7. The molecule has 0 aromatic carbocycles. The highest BCUT2D eigenvalue weighted by Crippen LogP contribution is 2.42. The van der Waals surface area contributed by atoms with Crippen LogP contribution in [0.2, 0.25) is 0 Å². The summed E-state index contributed by atoms with van der Waals surface area (Å²) in [7, 11) is 0. The van der Waals surface area contributed by atoms with E-state index in [0.29, 0.717) is 49.0 Å². The minimum Gasteiger partial charge on any atom is -0.356 e. The molecule has 3 aromatic rings. The summed E-state index contributed by atoms with van der Waals surface area (Å²) < 4.78 is 65.8. The molecule has 0 N–H and O–H groups in total. The smallest absolute Gasteiger partial charge is 0.356 e. The molecule has 0 saturated carbocycles. The molecule has 12 heteroatoms. The number of anilines is 2. The first-order valence-electron chi connectivity index (χ1n) is 10.2. The third-order valence-electron chi connectivity index (χ3n) is 6.03. The summed E-state index contributed by atoms with van der Waals surface area (Å²) in [6.07, 6.45) is -2.24. The van der Waals surface area contributed by atoms with Crippen molar-refractivity contribution in [2.45, 2.75) is 32.0 Å². The van der Waals surface area contributed by atoms with Crippen LogP contribution in [0.1, 0.15) is 18.5 Å². The fourth-order valence-corrected chi connectivity index (χ4v) is 4.60. The predicted molar refractivity (Wildman–Crippen MR) is 107 cm³/mol. The largest absolute Gasteiger partial charge is 0.433 e. The van der Waals surface area contributed by atoms with E-state index in [-0.39, 0.29) is 5.41 Å². The van der Waals surface area contributed by atoms with E-state index in [1.807, 2.05) is 9.80 Å². The van der Waals surface area contributed by atoms with Crippen molar-refractivity contribution < 1.29 is 22.0 Å². The molecule has 3 aromatic heterocycles. The van der Waals surface area contributed by atoms with Crippen LogP contribution in [0.5, 0.6) is 0 Å². The van der Waals surface area contributed by atoms with Gasteiger partial charge in [-0.25, -0.2) is 28.4 Å². The highest BCUT2D eigenvalue weighted by atomic mass is 19.4. The van der Waals surface area contributed by atoms with Gasteiger partial charge in [0.25, 0.3) is 6.43 Å². The van der Waals surface area contributed by atoms with Crippen molar-refractivity contribution in [1.29, 1.82) is 0 Å². The van der Waals surface area contributed by atoms with Gasteiger partial charge in [0.2, 0.25) is 0 Å². The van der Waals surface area contributed by atoms with Gasteiger partial charge in [0.15, 0.2) is 5.65 Å². The Labute approximate surface area is 179 Å². The van der Waals surface area contributed by atoms with E-state index >= 15 is 0 Å². The Balaban J connectivity index is 1.31. The lowest BCUT2D eigenvalue weighted by Crippen LogP contribution is -2.63. The number of hydrogen-bond acceptors (Lipinski definition) is 6. The van der Waals surface area contributed by atoms with Gasteiger partial charge in [0.1, 0.15) is 29.4 Å². The van der Waals surface area contributed by atoms with Gasteiger partial charge < -0.3 is 9.80 Å². The number of piperidine rings is 1. The second-order valence-corrected chi connectivity index (χ2v) is 8.41. The van der Waals surface area contributed by atoms with Gasteiger partial charge in [-0.3, -0.25) is 0 Å². The van der Waals surface area contributed by atoms with Crippen molar-refractivity contribution in [2.75, 3.05) is 36.0 Å². The lowest BCUT2D eigenvalue weighted by Gasteiger charge is -2.55. The summed E-state index contributed by atoms with van der Waals surface area (Å²) in [6.45, 7) is 2.01. The standard InChI is InChI=1S/C20H20F5N7/c21-15(22)9-32-18-13(7-27-32)26-8-17(29-18)31-11-19(12-31)5-2-6-30(10-19)16-4-1-3-14(28-16)20(23,24)25/h1,3-4,7-8,15H,2,5-6,9-12H2. The third kappa shape index (κ3) is 3.82. The normalized spacial score (nSPS) is 18.6. The summed E-state index contributed by atoms with van der Waals surface area (Å²) in [4.78, 5) is 16.5. The fraction of sp³-hybridized carbons (Fsp3) is 0.500. The van der Waals surface area contributed by atoms with Crippen LogP contribution in [0.4, 0.5) is 33.6 Å². The molecule has 170 valence electrons. The number of rotatable bonds is 4. The van der Waals surface area contributed by atoms with Crippen LogP contribution in [-0.2, 0) is 12.7 Å². The molecule has 0 aliphatic carbocycles. The first-order chi connectivity index (χ1) is 15.2. The van der Waals surface area contributed by atoms with Gasteiger partial charge in [-0.15, -0.1) is 0 Å². The van der Waals surface area contributed by atoms with E-state index < -0.39 is 24.8 Å². The highest BCUT2D eigenvalue weighted by molar-refractivity contribution is 5.71. The Hall–Kier alpha value is -3.05.